The fraction of sp³-hybridized carbons (Fsp3) is 0.545. The number of aliphatic hydroxyl groups excluding tert-OH is 3. The third kappa shape index (κ3) is 7.85. The van der Waals surface area contributed by atoms with Gasteiger partial charge in [-0.25, -0.2) is 23.2 Å². The first-order chi connectivity index (χ1) is 24.7. The Balaban J connectivity index is 1.06. The highest BCUT2D eigenvalue weighted by atomic mass is 31.3. The van der Waals surface area contributed by atoms with E-state index in [9.17, 15) is 53.3 Å². The Morgan fingerprint density at radius 3 is 2.13 bits per heavy atom. The van der Waals surface area contributed by atoms with Crippen LogP contribution in [0, 0.1) is 0 Å². The van der Waals surface area contributed by atoms with Crippen molar-refractivity contribution >= 4 is 57.7 Å². The van der Waals surface area contributed by atoms with E-state index >= 15 is 0 Å². The van der Waals surface area contributed by atoms with Crippen molar-refractivity contribution in [2.75, 3.05) is 31.8 Å². The zero-order chi connectivity index (χ0) is 38.8. The minimum absolute atomic E-state index is 0.00284. The molecule has 0 saturated carbocycles. The molecule has 6 heterocycles. The molecule has 11 atom stereocenters. The lowest BCUT2D eigenvalue weighted by Gasteiger charge is -2.21. The molecule has 28 nitrogen and oxygen atoms in total. The smallest absolute Gasteiger partial charge is 0.387 e. The predicted molar refractivity (Wildman–Crippen MR) is 169 cm³/mol. The number of aromatic nitrogens is 8. The molecule has 2 saturated heterocycles. The molecule has 53 heavy (non-hydrogen) atoms. The second kappa shape index (κ2) is 14.3. The maximum Gasteiger partial charge on any atom is 0.490 e. The molecule has 4 aromatic heterocycles. The standard InChI is InChI=1S/C22H31N10O18P3/c1-30-6-32(16-10(30)18(37)29-22(24)27-16)20-13(35)14(44-2)8(48-20)4-46-52(40,41)50-53(42,43)49-51(38,39)45-3-7-11(33)12(34)19(47-7)31-5-25-9-15(31)26-21(23)28-17(9)36/h5-8,11-14,19-20,33-35H,3-4H2,1-2H3,(H8-,23,24,26,27,28,29,36,37,38,39,40,41,42,43)/p+1/t7-,8+,11-,12-,13+,14+,19-,20+/m1/s1. The highest BCUT2D eigenvalue weighted by Gasteiger charge is 2.51. The molecule has 292 valence electrons. The Hall–Kier alpha value is -3.53. The SMILES string of the molecule is CO[C@@H]1[C@H](O)[C@@H]([n+]2cn(C)c3c(=O)[nH]c(N)nc32)O[C@H]1COP(=O)(O)OP(=O)(O)OP(=O)(O)OC[C@H]1O[C@@H](n2cnc3c(=O)[nH]c(N)nc32)[C@H](O)[C@@H]1O. The number of methoxy groups -OCH3 is 1. The number of aromatic amines is 2. The monoisotopic (exact) mass is 817 g/mol. The summed E-state index contributed by atoms with van der Waals surface area (Å²) in [4.78, 5) is 71.0. The first-order valence-electron chi connectivity index (χ1n) is 14.8. The Labute approximate surface area is 293 Å². The second-order valence-electron chi connectivity index (χ2n) is 11.5. The predicted octanol–water partition coefficient (Wildman–Crippen LogP) is -3.89. The van der Waals surface area contributed by atoms with Crippen molar-refractivity contribution in [2.24, 2.45) is 7.05 Å². The minimum atomic E-state index is -5.98. The summed E-state index contributed by atoms with van der Waals surface area (Å²) >= 11 is 0. The number of H-pyrrole nitrogens is 2. The minimum Gasteiger partial charge on any atom is -0.387 e. The van der Waals surface area contributed by atoms with Gasteiger partial charge in [-0.1, -0.05) is 4.98 Å². The Morgan fingerprint density at radius 1 is 0.887 bits per heavy atom. The maximum atomic E-state index is 12.6. The lowest BCUT2D eigenvalue weighted by atomic mass is 10.1. The van der Waals surface area contributed by atoms with E-state index in [-0.39, 0.29) is 34.2 Å². The number of ether oxygens (including phenoxy) is 3. The number of hydrogen-bond donors (Lipinski definition) is 10. The third-order valence-electron chi connectivity index (χ3n) is 7.92. The maximum absolute atomic E-state index is 12.6. The Kier molecular flexibility index (Phi) is 10.6. The number of nitrogens with one attached hydrogen (secondary N) is 2. The number of anilines is 2. The molecule has 3 unspecified atom stereocenters. The normalized spacial score (nSPS) is 29.7. The highest BCUT2D eigenvalue weighted by Crippen LogP contribution is 2.67. The van der Waals surface area contributed by atoms with Crippen molar-refractivity contribution in [2.45, 2.75) is 49.1 Å². The van der Waals surface area contributed by atoms with Crippen LogP contribution in [0.5, 0.6) is 0 Å². The van der Waals surface area contributed by atoms with E-state index < -0.39 is 96.9 Å². The van der Waals surface area contributed by atoms with Gasteiger partial charge in [-0.3, -0.25) is 37.7 Å². The summed E-state index contributed by atoms with van der Waals surface area (Å²) in [5.74, 6) is -0.549. The van der Waals surface area contributed by atoms with Crippen LogP contribution in [0.1, 0.15) is 12.5 Å². The number of aryl methyl sites for hydroxylation is 1. The summed E-state index contributed by atoms with van der Waals surface area (Å²) in [5.41, 5.74) is 9.60. The van der Waals surface area contributed by atoms with Gasteiger partial charge < -0.3 is 55.7 Å². The number of imidazole rings is 2. The molecule has 6 rings (SSSR count). The summed E-state index contributed by atoms with van der Waals surface area (Å²) < 4.78 is 75.3. The molecule has 0 bridgehead atoms. The molecule has 0 aliphatic carbocycles. The van der Waals surface area contributed by atoms with Gasteiger partial charge in [-0.05, 0) is 0 Å². The first kappa shape index (κ1) is 39.2. The van der Waals surface area contributed by atoms with Crippen molar-refractivity contribution in [3.63, 3.8) is 0 Å². The number of phosphoric ester groups is 2. The quantitative estimate of drug-likeness (QED) is 0.0455. The van der Waals surface area contributed by atoms with Crippen molar-refractivity contribution in [3.8, 4) is 0 Å². The molecule has 0 spiro atoms. The molecular formula is C22H32N10O18P3+. The lowest BCUT2D eigenvalue weighted by Crippen LogP contribution is -2.46. The van der Waals surface area contributed by atoms with E-state index in [0.717, 1.165) is 18.0 Å². The number of nitrogens with zero attached hydrogens (tertiary/aromatic N) is 6. The van der Waals surface area contributed by atoms with Gasteiger partial charge in [-0.2, -0.15) is 13.6 Å². The van der Waals surface area contributed by atoms with Crippen molar-refractivity contribution in [1.82, 2.24) is 34.1 Å². The van der Waals surface area contributed by atoms with Crippen LogP contribution in [-0.4, -0.2) is 121 Å². The summed E-state index contributed by atoms with van der Waals surface area (Å²) in [6, 6.07) is 0. The van der Waals surface area contributed by atoms with Crippen LogP contribution in [0.3, 0.4) is 0 Å². The molecule has 0 amide bonds. The van der Waals surface area contributed by atoms with Crippen LogP contribution >= 0.6 is 23.5 Å². The Morgan fingerprint density at radius 2 is 1.49 bits per heavy atom. The Bertz CT molecular complexity index is 2300. The van der Waals surface area contributed by atoms with Gasteiger partial charge in [0, 0.05) is 7.11 Å². The molecule has 2 fully saturated rings. The van der Waals surface area contributed by atoms with Crippen molar-refractivity contribution in [1.29, 1.82) is 0 Å². The fourth-order valence-corrected chi connectivity index (χ4v) is 9.24. The van der Waals surface area contributed by atoms with Gasteiger partial charge in [0.25, 0.3) is 17.1 Å². The number of nitrogens with two attached hydrogens (primary N) is 2. The van der Waals surface area contributed by atoms with E-state index in [0.29, 0.717) is 0 Å². The van der Waals surface area contributed by atoms with Gasteiger partial charge in [-0.15, -0.1) is 0 Å². The topological polar surface area (TPSA) is 407 Å². The van der Waals surface area contributed by atoms with E-state index in [1.807, 2.05) is 0 Å². The van der Waals surface area contributed by atoms with Gasteiger partial charge in [0.1, 0.15) is 36.6 Å². The van der Waals surface area contributed by atoms with Gasteiger partial charge in [0.2, 0.25) is 17.7 Å². The summed E-state index contributed by atoms with van der Waals surface area (Å²) in [6.45, 7) is -2.03. The average molecular weight is 817 g/mol. The molecule has 2 aliphatic heterocycles. The van der Waals surface area contributed by atoms with E-state index in [2.05, 4.69) is 38.1 Å². The van der Waals surface area contributed by atoms with Crippen LogP contribution in [0.4, 0.5) is 11.9 Å². The summed E-state index contributed by atoms with van der Waals surface area (Å²) in [7, 11) is -14.6. The van der Waals surface area contributed by atoms with E-state index in [1.54, 1.807) is 0 Å². The number of aliphatic hydroxyl groups is 3. The highest BCUT2D eigenvalue weighted by molar-refractivity contribution is 7.66. The number of nitrogen functional groups attached to an aromatic ring is 2. The largest absolute Gasteiger partial charge is 0.490 e. The van der Waals surface area contributed by atoms with Crippen LogP contribution < -0.4 is 27.2 Å². The molecular weight excluding hydrogens is 785 g/mol. The lowest BCUT2D eigenvalue weighted by molar-refractivity contribution is -0.745. The van der Waals surface area contributed by atoms with Gasteiger partial charge in [0.05, 0.1) is 26.6 Å². The zero-order valence-electron chi connectivity index (χ0n) is 26.9. The van der Waals surface area contributed by atoms with Crippen LogP contribution in [0.25, 0.3) is 22.3 Å². The molecule has 4 aromatic rings. The second-order valence-corrected chi connectivity index (χ2v) is 16.1. The molecule has 0 radical (unpaired) electrons. The third-order valence-corrected chi connectivity index (χ3v) is 12.2. The molecule has 12 N–H and O–H groups in total. The molecule has 0 aromatic carbocycles. The summed E-state index contributed by atoms with van der Waals surface area (Å²) in [6.07, 6.45) is -9.74. The molecule has 31 heteroatoms. The number of phosphoric acid groups is 3. The summed E-state index contributed by atoms with van der Waals surface area (Å²) in [5, 5.41) is 31.9. The van der Waals surface area contributed by atoms with Crippen molar-refractivity contribution < 1.29 is 80.1 Å². The van der Waals surface area contributed by atoms with E-state index in [1.165, 1.54) is 22.5 Å². The number of rotatable bonds is 13. The van der Waals surface area contributed by atoms with Gasteiger partial charge in [0.15, 0.2) is 23.7 Å². The first-order valence-corrected chi connectivity index (χ1v) is 19.3. The molecule has 2 aliphatic rings. The van der Waals surface area contributed by atoms with E-state index in [4.69, 9.17) is 30.2 Å². The zero-order valence-corrected chi connectivity index (χ0v) is 29.6. The van der Waals surface area contributed by atoms with Crippen LogP contribution in [0.15, 0.2) is 22.2 Å². The number of hydrogen-bond acceptors (Lipinski definition) is 20. The van der Waals surface area contributed by atoms with Crippen LogP contribution in [-0.2, 0) is 52.6 Å². The van der Waals surface area contributed by atoms with Crippen molar-refractivity contribution in [3.05, 3.63) is 33.4 Å². The van der Waals surface area contributed by atoms with Crippen LogP contribution in [0.2, 0.25) is 0 Å². The average Bonchev–Trinajstić information content (AvgIpc) is 3.76. The number of fused-ring (bicyclic) bond motifs is 2. The fourth-order valence-electron chi connectivity index (χ4n) is 5.71. The van der Waals surface area contributed by atoms with Gasteiger partial charge >= 0.3 is 29.1 Å².